The van der Waals surface area contributed by atoms with E-state index < -0.39 is 12.5 Å². The van der Waals surface area contributed by atoms with Gasteiger partial charge in [-0.15, -0.1) is 0 Å². The number of nitrogens with one attached hydrogen (secondary N) is 1. The molecule has 7 heteroatoms. The second-order valence-electron chi connectivity index (χ2n) is 6.39. The molecule has 1 heterocycles. The molecule has 4 aromatic rings. The molecule has 0 unspecified atom stereocenters. The van der Waals surface area contributed by atoms with E-state index in [-0.39, 0.29) is 11.3 Å². The van der Waals surface area contributed by atoms with Crippen molar-refractivity contribution >= 4 is 22.4 Å². The fourth-order valence-corrected chi connectivity index (χ4v) is 3.17. The summed E-state index contributed by atoms with van der Waals surface area (Å²) in [7, 11) is 0. The molecule has 0 saturated heterocycles. The summed E-state index contributed by atoms with van der Waals surface area (Å²) in [4.78, 5) is 12.5. The Morgan fingerprint density at radius 3 is 2.66 bits per heavy atom. The lowest BCUT2D eigenvalue weighted by atomic mass is 10.0. The van der Waals surface area contributed by atoms with Crippen LogP contribution < -0.4 is 10.1 Å². The van der Waals surface area contributed by atoms with Gasteiger partial charge >= 0.3 is 6.61 Å². The van der Waals surface area contributed by atoms with Gasteiger partial charge in [0.25, 0.3) is 5.91 Å². The van der Waals surface area contributed by atoms with E-state index in [1.807, 2.05) is 36.4 Å². The first-order chi connectivity index (χ1) is 14.1. The highest BCUT2D eigenvalue weighted by molar-refractivity contribution is 6.06. The number of benzene rings is 3. The number of nitrogens with zero attached hydrogens (tertiary/aromatic N) is 2. The van der Waals surface area contributed by atoms with Crippen LogP contribution in [0, 0.1) is 0 Å². The predicted octanol–water partition coefficient (Wildman–Crippen LogP) is 4.94. The highest BCUT2D eigenvalue weighted by Gasteiger charge is 2.16. The fraction of sp³-hybridized carbons (Fsp3) is 0.0909. The lowest BCUT2D eigenvalue weighted by Gasteiger charge is -2.10. The van der Waals surface area contributed by atoms with Crippen molar-refractivity contribution < 1.29 is 18.3 Å². The van der Waals surface area contributed by atoms with Crippen molar-refractivity contribution in [2.24, 2.45) is 0 Å². The highest BCUT2D eigenvalue weighted by Crippen LogP contribution is 2.22. The number of ether oxygens (including phenoxy) is 1. The third-order valence-electron chi connectivity index (χ3n) is 4.45. The molecule has 1 N–H and O–H groups in total. The Balaban J connectivity index is 1.51. The van der Waals surface area contributed by atoms with E-state index in [0.717, 1.165) is 16.3 Å². The van der Waals surface area contributed by atoms with Gasteiger partial charge in [-0.3, -0.25) is 9.48 Å². The number of hydrogen-bond donors (Lipinski definition) is 1. The van der Waals surface area contributed by atoms with Crippen LogP contribution in [0.1, 0.15) is 15.9 Å². The molecule has 0 bridgehead atoms. The summed E-state index contributed by atoms with van der Waals surface area (Å²) in [5, 5.41) is 9.23. The van der Waals surface area contributed by atoms with Crippen molar-refractivity contribution in [2.45, 2.75) is 13.2 Å². The van der Waals surface area contributed by atoms with E-state index in [4.69, 9.17) is 0 Å². The molecule has 29 heavy (non-hydrogen) atoms. The quantitative estimate of drug-likeness (QED) is 0.505. The maximum Gasteiger partial charge on any atom is 0.387 e. The summed E-state index contributed by atoms with van der Waals surface area (Å²) in [6, 6.07) is 20.0. The van der Waals surface area contributed by atoms with E-state index in [1.54, 1.807) is 16.9 Å². The monoisotopic (exact) mass is 393 g/mol. The summed E-state index contributed by atoms with van der Waals surface area (Å²) in [5.41, 5.74) is 1.58. The first-order valence-electron chi connectivity index (χ1n) is 8.94. The molecule has 146 valence electrons. The van der Waals surface area contributed by atoms with Crippen LogP contribution in [0.25, 0.3) is 10.8 Å². The summed E-state index contributed by atoms with van der Waals surface area (Å²) >= 11 is 0. The maximum absolute atomic E-state index is 12.5. The van der Waals surface area contributed by atoms with Gasteiger partial charge < -0.3 is 10.1 Å². The largest absolute Gasteiger partial charge is 0.434 e. The number of carbonyl (C=O) groups is 1. The molecule has 0 saturated carbocycles. The zero-order valence-electron chi connectivity index (χ0n) is 15.3. The Kier molecular flexibility index (Phi) is 5.20. The number of aromatic nitrogens is 2. The number of para-hydroxylation sites is 1. The lowest BCUT2D eigenvalue weighted by molar-refractivity contribution is -0.0501. The van der Waals surface area contributed by atoms with Crippen LogP contribution in [0.2, 0.25) is 0 Å². The minimum atomic E-state index is -3.01. The molecule has 4 rings (SSSR count). The first kappa shape index (κ1) is 18.6. The summed E-state index contributed by atoms with van der Waals surface area (Å²) in [6.45, 7) is -2.48. The maximum atomic E-state index is 12.5. The molecule has 0 aliphatic rings. The van der Waals surface area contributed by atoms with Gasteiger partial charge in [-0.25, -0.2) is 0 Å². The van der Waals surface area contributed by atoms with Crippen LogP contribution in [0.3, 0.4) is 0 Å². The highest BCUT2D eigenvalue weighted by atomic mass is 19.3. The van der Waals surface area contributed by atoms with Gasteiger partial charge in [-0.1, -0.05) is 54.6 Å². The van der Waals surface area contributed by atoms with Crippen molar-refractivity contribution in [3.8, 4) is 5.75 Å². The molecule has 0 aliphatic carbocycles. The van der Waals surface area contributed by atoms with Crippen LogP contribution in [0.5, 0.6) is 5.75 Å². The van der Waals surface area contributed by atoms with Gasteiger partial charge in [0.1, 0.15) is 5.75 Å². The predicted molar refractivity (Wildman–Crippen MR) is 106 cm³/mol. The van der Waals surface area contributed by atoms with Gasteiger partial charge in [-0.2, -0.15) is 13.9 Å². The summed E-state index contributed by atoms with van der Waals surface area (Å²) < 4.78 is 31.2. The van der Waals surface area contributed by atoms with Crippen LogP contribution in [0.15, 0.2) is 79.1 Å². The van der Waals surface area contributed by atoms with Crippen molar-refractivity contribution in [1.82, 2.24) is 9.78 Å². The molecule has 0 radical (unpaired) electrons. The minimum absolute atomic E-state index is 0.0228. The Hall–Kier alpha value is -3.74. The average molecular weight is 393 g/mol. The zero-order valence-corrected chi connectivity index (χ0v) is 15.3. The summed E-state index contributed by atoms with van der Waals surface area (Å²) in [5.74, 6) is -0.728. The molecule has 0 atom stereocenters. The van der Waals surface area contributed by atoms with Crippen molar-refractivity contribution in [1.29, 1.82) is 0 Å². The van der Waals surface area contributed by atoms with E-state index >= 15 is 0 Å². The van der Waals surface area contributed by atoms with Crippen molar-refractivity contribution in [2.75, 3.05) is 5.32 Å². The molecule has 3 aromatic carbocycles. The van der Waals surface area contributed by atoms with E-state index in [9.17, 15) is 13.6 Å². The van der Waals surface area contributed by atoms with Crippen molar-refractivity contribution in [3.63, 3.8) is 0 Å². The zero-order chi connectivity index (χ0) is 20.2. The van der Waals surface area contributed by atoms with Crippen LogP contribution in [0.4, 0.5) is 14.5 Å². The molecule has 0 spiro atoms. The third-order valence-corrected chi connectivity index (χ3v) is 4.45. The molecule has 1 amide bonds. The smallest absolute Gasteiger partial charge is 0.387 e. The molecular formula is C22H17F2N3O2. The van der Waals surface area contributed by atoms with Gasteiger partial charge in [0.15, 0.2) is 0 Å². The Morgan fingerprint density at radius 2 is 1.79 bits per heavy atom. The minimum Gasteiger partial charge on any atom is -0.434 e. The Labute approximate surface area is 165 Å². The number of amides is 1. The van der Waals surface area contributed by atoms with Crippen molar-refractivity contribution in [3.05, 3.63) is 90.3 Å². The fourth-order valence-electron chi connectivity index (χ4n) is 3.17. The number of alkyl halides is 2. The van der Waals surface area contributed by atoms with Crippen LogP contribution >= 0.6 is 0 Å². The van der Waals surface area contributed by atoms with Gasteiger partial charge in [-0.05, 0) is 28.5 Å². The standard InChI is InChI=1S/C22H17F2N3O2/c23-22(24)29-20-11-4-3-10-19(20)21(28)26-17-12-25-27(14-17)13-16-8-5-7-15-6-1-2-9-18(15)16/h1-12,14,22H,13H2,(H,26,28). The van der Waals surface area contributed by atoms with E-state index in [2.05, 4.69) is 21.2 Å². The molecule has 0 fully saturated rings. The SMILES string of the molecule is O=C(Nc1cnn(Cc2cccc3ccccc23)c1)c1ccccc1OC(F)F. The van der Waals surface area contributed by atoms with Crippen LogP contribution in [-0.2, 0) is 6.54 Å². The van der Waals surface area contributed by atoms with Gasteiger partial charge in [0.2, 0.25) is 0 Å². The lowest BCUT2D eigenvalue weighted by Crippen LogP contribution is -2.14. The molecule has 5 nitrogen and oxygen atoms in total. The van der Waals surface area contributed by atoms with Gasteiger partial charge in [0.05, 0.1) is 24.0 Å². The molecule has 1 aromatic heterocycles. The van der Waals surface area contributed by atoms with Crippen LogP contribution in [-0.4, -0.2) is 22.3 Å². The number of hydrogen-bond acceptors (Lipinski definition) is 3. The molecular weight excluding hydrogens is 376 g/mol. The average Bonchev–Trinajstić information content (AvgIpc) is 3.15. The number of halogens is 2. The normalized spacial score (nSPS) is 11.0. The Bertz CT molecular complexity index is 1150. The topological polar surface area (TPSA) is 56.2 Å². The number of rotatable bonds is 6. The number of fused-ring (bicyclic) bond motifs is 1. The van der Waals surface area contributed by atoms with E-state index in [1.165, 1.54) is 24.4 Å². The third kappa shape index (κ3) is 4.24. The van der Waals surface area contributed by atoms with Gasteiger partial charge in [0, 0.05) is 6.20 Å². The number of carbonyl (C=O) groups excluding carboxylic acids is 1. The summed E-state index contributed by atoms with van der Waals surface area (Å²) in [6.07, 6.45) is 3.20. The number of anilines is 1. The Morgan fingerprint density at radius 1 is 1.03 bits per heavy atom. The van der Waals surface area contributed by atoms with E-state index in [0.29, 0.717) is 12.2 Å². The molecule has 0 aliphatic heterocycles. The second kappa shape index (κ2) is 8.10. The second-order valence-corrected chi connectivity index (χ2v) is 6.39. The first-order valence-corrected chi connectivity index (χ1v) is 8.94.